The van der Waals surface area contributed by atoms with E-state index in [-0.39, 0.29) is 18.2 Å². The molecule has 0 aliphatic heterocycles. The molecule has 0 amide bonds. The van der Waals surface area contributed by atoms with Crippen LogP contribution in [0.2, 0.25) is 0 Å². The van der Waals surface area contributed by atoms with Crippen molar-refractivity contribution >= 4 is 5.97 Å². The molecule has 2 N–H and O–H groups in total. The van der Waals surface area contributed by atoms with Gasteiger partial charge in [-0.15, -0.1) is 5.10 Å². The van der Waals surface area contributed by atoms with Gasteiger partial charge in [0.1, 0.15) is 0 Å². The lowest BCUT2D eigenvalue weighted by molar-refractivity contribution is 0.0328. The molecule has 1 atom stereocenters. The highest BCUT2D eigenvalue weighted by Gasteiger charge is 2.26. The van der Waals surface area contributed by atoms with Crippen LogP contribution in [0.4, 0.5) is 0 Å². The molecule has 0 bridgehead atoms. The van der Waals surface area contributed by atoms with Crippen molar-refractivity contribution in [1.82, 2.24) is 15.0 Å². The van der Waals surface area contributed by atoms with Crippen LogP contribution in [0.1, 0.15) is 56.2 Å². The Labute approximate surface area is 100 Å². The molecule has 0 aliphatic carbocycles. The molecule has 0 saturated heterocycles. The molecule has 0 fully saturated rings. The topological polar surface area (TPSA) is 88.2 Å². The predicted molar refractivity (Wildman–Crippen MR) is 62.0 cm³/mol. The van der Waals surface area contributed by atoms with Gasteiger partial charge in [0.2, 0.25) is 0 Å². The molecule has 6 nitrogen and oxygen atoms in total. The molecule has 1 aromatic heterocycles. The van der Waals surface area contributed by atoms with Crippen LogP contribution in [0.15, 0.2) is 0 Å². The smallest absolute Gasteiger partial charge is 0.358 e. The van der Waals surface area contributed by atoms with Crippen LogP contribution >= 0.6 is 0 Å². The van der Waals surface area contributed by atoms with Crippen LogP contribution in [-0.2, 0) is 6.54 Å². The van der Waals surface area contributed by atoms with E-state index in [1.807, 2.05) is 20.8 Å². The number of aromatic nitrogens is 3. The van der Waals surface area contributed by atoms with Crippen molar-refractivity contribution in [3.05, 3.63) is 11.4 Å². The van der Waals surface area contributed by atoms with Crippen LogP contribution in [-0.4, -0.2) is 36.8 Å². The van der Waals surface area contributed by atoms with Crippen LogP contribution < -0.4 is 0 Å². The first kappa shape index (κ1) is 13.6. The van der Waals surface area contributed by atoms with Gasteiger partial charge in [0.05, 0.1) is 17.8 Å². The van der Waals surface area contributed by atoms with Gasteiger partial charge in [0.25, 0.3) is 0 Å². The molecule has 1 rings (SSSR count). The monoisotopic (exact) mass is 241 g/mol. The SMILES string of the molecule is CCC(C)(O)Cn1nnc(C(=O)O)c1C(C)C. The molecule has 0 aromatic carbocycles. The maximum atomic E-state index is 11.0. The highest BCUT2D eigenvalue weighted by Crippen LogP contribution is 2.20. The summed E-state index contributed by atoms with van der Waals surface area (Å²) in [5, 5.41) is 26.5. The number of carbonyl (C=O) groups is 1. The molecule has 1 unspecified atom stereocenters. The molecular weight excluding hydrogens is 222 g/mol. The molecule has 1 aromatic rings. The fourth-order valence-electron chi connectivity index (χ4n) is 1.60. The van der Waals surface area contributed by atoms with E-state index < -0.39 is 11.6 Å². The summed E-state index contributed by atoms with van der Waals surface area (Å²) < 4.78 is 1.48. The van der Waals surface area contributed by atoms with Crippen molar-refractivity contribution in [1.29, 1.82) is 0 Å². The second-order valence-electron chi connectivity index (χ2n) is 4.79. The summed E-state index contributed by atoms with van der Waals surface area (Å²) in [6.45, 7) is 7.56. The lowest BCUT2D eigenvalue weighted by Gasteiger charge is -2.22. The lowest BCUT2D eigenvalue weighted by atomic mass is 10.0. The van der Waals surface area contributed by atoms with E-state index in [0.29, 0.717) is 12.1 Å². The summed E-state index contributed by atoms with van der Waals surface area (Å²) in [4.78, 5) is 11.0. The first-order chi connectivity index (χ1) is 7.78. The Balaban J connectivity index is 3.13. The summed E-state index contributed by atoms with van der Waals surface area (Å²) in [5.74, 6) is -1.10. The second-order valence-corrected chi connectivity index (χ2v) is 4.79. The van der Waals surface area contributed by atoms with Crippen LogP contribution in [0, 0.1) is 0 Å². The van der Waals surface area contributed by atoms with Crippen LogP contribution in [0.5, 0.6) is 0 Å². The quantitative estimate of drug-likeness (QED) is 0.810. The van der Waals surface area contributed by atoms with Gasteiger partial charge >= 0.3 is 5.97 Å². The predicted octanol–water partition coefficient (Wildman–Crippen LogP) is 1.26. The van der Waals surface area contributed by atoms with Gasteiger partial charge in [0, 0.05) is 0 Å². The maximum Gasteiger partial charge on any atom is 0.358 e. The van der Waals surface area contributed by atoms with Crippen LogP contribution in [0.25, 0.3) is 0 Å². The minimum Gasteiger partial charge on any atom is -0.476 e. The zero-order chi connectivity index (χ0) is 13.2. The van der Waals surface area contributed by atoms with Gasteiger partial charge in [-0.2, -0.15) is 0 Å². The fraction of sp³-hybridized carbons (Fsp3) is 0.727. The Bertz CT molecular complexity index is 410. The van der Waals surface area contributed by atoms with Gasteiger partial charge < -0.3 is 10.2 Å². The van der Waals surface area contributed by atoms with E-state index >= 15 is 0 Å². The highest BCUT2D eigenvalue weighted by atomic mass is 16.4. The Kier molecular flexibility index (Phi) is 3.87. The number of carboxylic acids is 1. The van der Waals surface area contributed by atoms with Gasteiger partial charge in [-0.3, -0.25) is 0 Å². The molecular formula is C11H19N3O3. The summed E-state index contributed by atoms with van der Waals surface area (Å²) in [5.41, 5.74) is -0.397. The summed E-state index contributed by atoms with van der Waals surface area (Å²) in [7, 11) is 0. The van der Waals surface area contributed by atoms with Crippen molar-refractivity contribution in [2.75, 3.05) is 0 Å². The first-order valence-electron chi connectivity index (χ1n) is 5.67. The van der Waals surface area contributed by atoms with E-state index in [4.69, 9.17) is 5.11 Å². The Morgan fingerprint density at radius 1 is 1.53 bits per heavy atom. The Morgan fingerprint density at radius 2 is 2.12 bits per heavy atom. The van der Waals surface area contributed by atoms with Gasteiger partial charge in [-0.05, 0) is 19.3 Å². The standard InChI is InChI=1S/C11H19N3O3/c1-5-11(4,17)6-14-9(7(2)3)8(10(15)16)12-13-14/h7,17H,5-6H2,1-4H3,(H,15,16). The number of aromatic carboxylic acids is 1. The van der Waals surface area contributed by atoms with Crippen molar-refractivity contribution < 1.29 is 15.0 Å². The average molecular weight is 241 g/mol. The summed E-state index contributed by atoms with van der Waals surface area (Å²) in [6, 6.07) is 0. The number of carboxylic acid groups (broad SMARTS) is 1. The molecule has 0 radical (unpaired) electrons. The summed E-state index contributed by atoms with van der Waals surface area (Å²) >= 11 is 0. The molecule has 1 heterocycles. The van der Waals surface area contributed by atoms with Crippen molar-refractivity contribution in [2.24, 2.45) is 0 Å². The molecule has 0 aliphatic rings. The van der Waals surface area contributed by atoms with E-state index in [0.717, 1.165) is 0 Å². The third-order valence-corrected chi connectivity index (χ3v) is 2.77. The van der Waals surface area contributed by atoms with Gasteiger partial charge in [-0.25, -0.2) is 9.48 Å². The number of nitrogens with zero attached hydrogens (tertiary/aromatic N) is 3. The largest absolute Gasteiger partial charge is 0.476 e. The Morgan fingerprint density at radius 3 is 2.53 bits per heavy atom. The lowest BCUT2D eigenvalue weighted by Crippen LogP contribution is -2.31. The minimum atomic E-state index is -1.09. The number of hydrogen-bond donors (Lipinski definition) is 2. The van der Waals surface area contributed by atoms with Crippen LogP contribution in [0.3, 0.4) is 0 Å². The van der Waals surface area contributed by atoms with E-state index in [9.17, 15) is 9.90 Å². The molecule has 0 saturated carbocycles. The maximum absolute atomic E-state index is 11.0. The molecule has 6 heteroatoms. The number of hydrogen-bond acceptors (Lipinski definition) is 4. The third kappa shape index (κ3) is 3.03. The van der Waals surface area contributed by atoms with Crippen molar-refractivity contribution in [3.63, 3.8) is 0 Å². The summed E-state index contributed by atoms with van der Waals surface area (Å²) in [6.07, 6.45) is 0.562. The van der Waals surface area contributed by atoms with E-state index in [2.05, 4.69) is 10.3 Å². The molecule has 96 valence electrons. The molecule has 17 heavy (non-hydrogen) atoms. The normalized spacial score (nSPS) is 14.9. The van der Waals surface area contributed by atoms with Crippen molar-refractivity contribution in [3.8, 4) is 0 Å². The minimum absolute atomic E-state index is 0.0104. The zero-order valence-electron chi connectivity index (χ0n) is 10.6. The fourth-order valence-corrected chi connectivity index (χ4v) is 1.60. The number of aliphatic hydroxyl groups is 1. The van der Waals surface area contributed by atoms with Gasteiger partial charge in [-0.1, -0.05) is 26.0 Å². The zero-order valence-corrected chi connectivity index (χ0v) is 10.6. The Hall–Kier alpha value is -1.43. The third-order valence-electron chi connectivity index (χ3n) is 2.77. The molecule has 0 spiro atoms. The highest BCUT2D eigenvalue weighted by molar-refractivity contribution is 5.86. The first-order valence-corrected chi connectivity index (χ1v) is 5.67. The van der Waals surface area contributed by atoms with Gasteiger partial charge in [0.15, 0.2) is 5.69 Å². The van der Waals surface area contributed by atoms with E-state index in [1.54, 1.807) is 6.92 Å². The van der Waals surface area contributed by atoms with E-state index in [1.165, 1.54) is 4.68 Å². The number of rotatable bonds is 5. The van der Waals surface area contributed by atoms with Crippen molar-refractivity contribution in [2.45, 2.75) is 52.2 Å². The average Bonchev–Trinajstić information content (AvgIpc) is 2.60. The second kappa shape index (κ2) is 4.83.